The van der Waals surface area contributed by atoms with Crippen molar-refractivity contribution in [2.45, 2.75) is 65.2 Å². The molecule has 1 aliphatic rings. The van der Waals surface area contributed by atoms with E-state index in [1.165, 1.54) is 49.7 Å². The van der Waals surface area contributed by atoms with Crippen molar-refractivity contribution in [2.75, 3.05) is 0 Å². The summed E-state index contributed by atoms with van der Waals surface area (Å²) in [5.74, 6) is 0. The number of hydrogen-bond donors (Lipinski definition) is 0. The summed E-state index contributed by atoms with van der Waals surface area (Å²) >= 11 is 1.94. The second-order valence-corrected chi connectivity index (χ2v) is 11.0. The molecular weight excluding hydrogens is 370 g/mol. The third kappa shape index (κ3) is 2.61. The van der Waals surface area contributed by atoms with E-state index in [1.54, 1.807) is 11.1 Å². The fraction of sp³-hybridized carbons (Fsp3) is 0.370. The average molecular weight is 400 g/mol. The van der Waals surface area contributed by atoms with Gasteiger partial charge in [0.15, 0.2) is 0 Å². The minimum Gasteiger partial charge on any atom is -0.255 e. The smallest absolute Gasteiger partial charge is 0.0880 e. The number of hydrogen-bond acceptors (Lipinski definition) is 2. The molecule has 0 radical (unpaired) electrons. The maximum atomic E-state index is 4.80. The van der Waals surface area contributed by atoms with Crippen molar-refractivity contribution in [1.29, 1.82) is 0 Å². The first-order valence-electron chi connectivity index (χ1n) is 10.6. The molecular formula is C27H29NS. The third-order valence-corrected chi connectivity index (χ3v) is 8.43. The van der Waals surface area contributed by atoms with Crippen LogP contribution in [0.25, 0.3) is 31.4 Å². The molecule has 4 aromatic rings. The summed E-state index contributed by atoms with van der Waals surface area (Å²) in [4.78, 5) is 4.80. The number of rotatable bonds is 1. The van der Waals surface area contributed by atoms with Crippen LogP contribution < -0.4 is 0 Å². The predicted molar refractivity (Wildman–Crippen MR) is 127 cm³/mol. The molecule has 0 spiro atoms. The normalized spacial score (nSPS) is 17.6. The van der Waals surface area contributed by atoms with Gasteiger partial charge in [-0.2, -0.15) is 0 Å². The van der Waals surface area contributed by atoms with Crippen LogP contribution in [0.1, 0.15) is 62.8 Å². The molecule has 0 saturated heterocycles. The minimum absolute atomic E-state index is 0.220. The van der Waals surface area contributed by atoms with Gasteiger partial charge in [-0.1, -0.05) is 58.0 Å². The number of aromatic nitrogens is 1. The Kier molecular flexibility index (Phi) is 3.99. The van der Waals surface area contributed by atoms with Gasteiger partial charge >= 0.3 is 0 Å². The van der Waals surface area contributed by atoms with E-state index in [0.717, 1.165) is 5.69 Å². The van der Waals surface area contributed by atoms with Gasteiger partial charge in [0.1, 0.15) is 0 Å². The van der Waals surface area contributed by atoms with Crippen LogP contribution in [0.2, 0.25) is 0 Å². The summed E-state index contributed by atoms with van der Waals surface area (Å²) in [5.41, 5.74) is 8.91. The highest BCUT2D eigenvalue weighted by molar-refractivity contribution is 7.26. The number of thiophene rings is 1. The number of nitrogens with zero attached hydrogens (tertiary/aromatic N) is 1. The summed E-state index contributed by atoms with van der Waals surface area (Å²) < 4.78 is 2.77. The van der Waals surface area contributed by atoms with Crippen molar-refractivity contribution < 1.29 is 0 Å². The van der Waals surface area contributed by atoms with Gasteiger partial charge in [0.2, 0.25) is 0 Å². The van der Waals surface area contributed by atoms with Gasteiger partial charge < -0.3 is 0 Å². The minimum atomic E-state index is 0.220. The Labute approximate surface area is 177 Å². The quantitative estimate of drug-likeness (QED) is 0.315. The number of fused-ring (bicyclic) bond motifs is 4. The SMILES string of the molecule is Cc1c2c(c(C)c3c1sc1c(-c4ccccc4)nccc13)C(C)(C)CCC2(C)C. The summed E-state index contributed by atoms with van der Waals surface area (Å²) in [5, 5.41) is 2.81. The van der Waals surface area contributed by atoms with Crippen molar-refractivity contribution in [3.63, 3.8) is 0 Å². The Balaban J connectivity index is 1.95. The van der Waals surface area contributed by atoms with Crippen LogP contribution in [0.5, 0.6) is 0 Å². The van der Waals surface area contributed by atoms with E-state index in [2.05, 4.69) is 77.9 Å². The number of aryl methyl sites for hydroxylation is 2. The maximum Gasteiger partial charge on any atom is 0.0880 e. The molecule has 0 N–H and O–H groups in total. The molecule has 29 heavy (non-hydrogen) atoms. The molecule has 2 aromatic carbocycles. The van der Waals surface area contributed by atoms with Crippen LogP contribution in [0.4, 0.5) is 0 Å². The lowest BCUT2D eigenvalue weighted by Crippen LogP contribution is -2.35. The molecule has 0 fully saturated rings. The van der Waals surface area contributed by atoms with Gasteiger partial charge in [-0.3, -0.25) is 4.98 Å². The summed E-state index contributed by atoms with van der Waals surface area (Å²) in [7, 11) is 0. The summed E-state index contributed by atoms with van der Waals surface area (Å²) in [6.07, 6.45) is 4.48. The molecule has 2 heterocycles. The van der Waals surface area contributed by atoms with Crippen LogP contribution in [0.15, 0.2) is 42.6 Å². The van der Waals surface area contributed by atoms with Crippen molar-refractivity contribution in [1.82, 2.24) is 4.98 Å². The van der Waals surface area contributed by atoms with E-state index in [9.17, 15) is 0 Å². The van der Waals surface area contributed by atoms with Gasteiger partial charge in [-0.05, 0) is 65.8 Å². The van der Waals surface area contributed by atoms with E-state index >= 15 is 0 Å². The largest absolute Gasteiger partial charge is 0.255 e. The van der Waals surface area contributed by atoms with E-state index in [1.807, 2.05) is 17.5 Å². The standard InChI is InChI=1S/C27H29NS/c1-16-20-19-12-15-28-23(18-10-8-7-9-11-18)25(19)29-24(20)17(2)22-21(16)26(3,4)13-14-27(22,5)6/h7-12,15H,13-14H2,1-6H3. The molecule has 0 amide bonds. The molecule has 0 atom stereocenters. The van der Waals surface area contributed by atoms with Crippen molar-refractivity contribution in [2.24, 2.45) is 0 Å². The number of benzene rings is 2. The van der Waals surface area contributed by atoms with Gasteiger partial charge in [0.05, 0.1) is 10.4 Å². The van der Waals surface area contributed by atoms with Crippen molar-refractivity contribution >= 4 is 31.5 Å². The molecule has 2 aromatic heterocycles. The Morgan fingerprint density at radius 2 is 1.41 bits per heavy atom. The number of pyridine rings is 1. The highest BCUT2D eigenvalue weighted by atomic mass is 32.1. The highest BCUT2D eigenvalue weighted by Crippen LogP contribution is 2.53. The zero-order valence-corrected chi connectivity index (χ0v) is 19.1. The van der Waals surface area contributed by atoms with Gasteiger partial charge in [-0.15, -0.1) is 11.3 Å². The third-order valence-electron chi connectivity index (χ3n) is 7.10. The van der Waals surface area contributed by atoms with E-state index < -0.39 is 0 Å². The van der Waals surface area contributed by atoms with Gasteiger partial charge in [-0.25, -0.2) is 0 Å². The lowest BCUT2D eigenvalue weighted by molar-refractivity contribution is 0.330. The molecule has 0 saturated carbocycles. The van der Waals surface area contributed by atoms with Crippen LogP contribution in [0.3, 0.4) is 0 Å². The monoisotopic (exact) mass is 399 g/mol. The van der Waals surface area contributed by atoms with E-state index in [4.69, 9.17) is 4.98 Å². The first-order chi connectivity index (χ1) is 13.7. The molecule has 5 rings (SSSR count). The summed E-state index contributed by atoms with van der Waals surface area (Å²) in [6.45, 7) is 14.5. The second-order valence-electron chi connectivity index (χ2n) is 9.98. The lowest BCUT2D eigenvalue weighted by atomic mass is 9.60. The lowest BCUT2D eigenvalue weighted by Gasteiger charge is -2.44. The Hall–Kier alpha value is -2.19. The maximum absolute atomic E-state index is 4.80. The zero-order chi connectivity index (χ0) is 20.6. The Morgan fingerprint density at radius 3 is 2.07 bits per heavy atom. The molecule has 0 bridgehead atoms. The first-order valence-corrected chi connectivity index (χ1v) is 11.4. The van der Waals surface area contributed by atoms with E-state index in [-0.39, 0.29) is 10.8 Å². The first kappa shape index (κ1) is 18.8. The van der Waals surface area contributed by atoms with Crippen molar-refractivity contribution in [3.05, 3.63) is 64.8 Å². The Bertz CT molecular complexity index is 1260. The average Bonchev–Trinajstić information content (AvgIpc) is 3.09. The predicted octanol–water partition coefficient (Wildman–Crippen LogP) is 8.08. The summed E-state index contributed by atoms with van der Waals surface area (Å²) in [6, 6.07) is 12.8. The fourth-order valence-electron chi connectivity index (χ4n) is 5.64. The molecule has 1 aliphatic carbocycles. The topological polar surface area (TPSA) is 12.9 Å². The highest BCUT2D eigenvalue weighted by Gasteiger charge is 2.40. The fourth-order valence-corrected chi connectivity index (χ4v) is 7.01. The van der Waals surface area contributed by atoms with E-state index in [0.29, 0.717) is 0 Å². The zero-order valence-electron chi connectivity index (χ0n) is 18.3. The van der Waals surface area contributed by atoms with Crippen LogP contribution in [-0.4, -0.2) is 4.98 Å². The molecule has 0 aliphatic heterocycles. The molecule has 0 unspecified atom stereocenters. The van der Waals surface area contributed by atoms with Crippen LogP contribution in [-0.2, 0) is 10.8 Å². The molecule has 2 heteroatoms. The van der Waals surface area contributed by atoms with Gasteiger partial charge in [0.25, 0.3) is 0 Å². The van der Waals surface area contributed by atoms with Crippen LogP contribution in [0, 0.1) is 13.8 Å². The van der Waals surface area contributed by atoms with Gasteiger partial charge in [0, 0.05) is 27.2 Å². The van der Waals surface area contributed by atoms with Crippen molar-refractivity contribution in [3.8, 4) is 11.3 Å². The molecule has 1 nitrogen and oxygen atoms in total. The second kappa shape index (κ2) is 6.15. The molecule has 148 valence electrons. The van der Waals surface area contributed by atoms with Crippen LogP contribution >= 0.6 is 11.3 Å². The Morgan fingerprint density at radius 1 is 0.793 bits per heavy atom.